The molecule has 2 aliphatic heterocycles. The Labute approximate surface area is 156 Å². The van der Waals surface area contributed by atoms with Crippen LogP contribution in [0.1, 0.15) is 24.0 Å². The van der Waals surface area contributed by atoms with Gasteiger partial charge >= 0.3 is 0 Å². The van der Waals surface area contributed by atoms with Crippen molar-refractivity contribution in [1.29, 1.82) is 0 Å². The van der Waals surface area contributed by atoms with Gasteiger partial charge in [0.05, 0.1) is 0 Å². The second kappa shape index (κ2) is 7.29. The standard InChI is InChI=1S/C22H28N2O2/c1-16-6-3-4-8-20(16)17-12-18-14-24(15-19-7-5-9-23(19)2)10-11-26-22(18)21(25)13-17/h3-4,6,8,12-13,19,25H,5,7,9-11,14-15H2,1-2H3/t19-/m1/s1. The van der Waals surface area contributed by atoms with E-state index in [2.05, 4.69) is 42.0 Å². The fourth-order valence-electron chi connectivity index (χ4n) is 4.27. The smallest absolute Gasteiger partial charge is 0.165 e. The molecule has 2 aromatic carbocycles. The molecular weight excluding hydrogens is 324 g/mol. The van der Waals surface area contributed by atoms with Crippen LogP contribution in [0.15, 0.2) is 36.4 Å². The van der Waals surface area contributed by atoms with Gasteiger partial charge in [0.1, 0.15) is 6.61 Å². The number of likely N-dealkylation sites (N-methyl/N-ethyl adjacent to an activating group) is 1. The molecule has 0 radical (unpaired) electrons. The van der Waals surface area contributed by atoms with Gasteiger partial charge in [0, 0.05) is 31.2 Å². The van der Waals surface area contributed by atoms with E-state index in [1.165, 1.54) is 24.9 Å². The SMILES string of the molecule is Cc1ccccc1-c1cc(O)c2c(c1)CN(C[C@H]1CCCN1C)CCO2. The van der Waals surface area contributed by atoms with Gasteiger partial charge in [0.15, 0.2) is 11.5 Å². The summed E-state index contributed by atoms with van der Waals surface area (Å²) in [5.41, 5.74) is 4.52. The molecule has 26 heavy (non-hydrogen) atoms. The molecule has 1 atom stereocenters. The summed E-state index contributed by atoms with van der Waals surface area (Å²) >= 11 is 0. The fraction of sp³-hybridized carbons (Fsp3) is 0.455. The highest BCUT2D eigenvalue weighted by molar-refractivity contribution is 5.71. The molecule has 4 nitrogen and oxygen atoms in total. The van der Waals surface area contributed by atoms with Gasteiger partial charge < -0.3 is 14.7 Å². The van der Waals surface area contributed by atoms with E-state index >= 15 is 0 Å². The molecule has 0 bridgehead atoms. The second-order valence-electron chi connectivity index (χ2n) is 7.66. The summed E-state index contributed by atoms with van der Waals surface area (Å²) in [4.78, 5) is 4.94. The number of ether oxygens (including phenoxy) is 1. The first-order chi connectivity index (χ1) is 12.6. The van der Waals surface area contributed by atoms with Crippen molar-refractivity contribution in [2.45, 2.75) is 32.4 Å². The quantitative estimate of drug-likeness (QED) is 0.915. The Morgan fingerprint density at radius 2 is 2.04 bits per heavy atom. The number of likely N-dealkylation sites (tertiary alicyclic amines) is 1. The zero-order valence-corrected chi connectivity index (χ0v) is 15.7. The van der Waals surface area contributed by atoms with Crippen LogP contribution in [0.4, 0.5) is 0 Å². The third kappa shape index (κ3) is 3.44. The van der Waals surface area contributed by atoms with Crippen LogP contribution in [-0.2, 0) is 6.54 Å². The highest BCUT2D eigenvalue weighted by Crippen LogP contribution is 2.38. The predicted molar refractivity (Wildman–Crippen MR) is 105 cm³/mol. The molecule has 4 rings (SSSR count). The Bertz CT molecular complexity index is 790. The Hall–Kier alpha value is -2.04. The molecule has 0 saturated carbocycles. The molecule has 1 saturated heterocycles. The van der Waals surface area contributed by atoms with E-state index in [4.69, 9.17) is 4.74 Å². The maximum absolute atomic E-state index is 10.6. The molecule has 0 spiro atoms. The van der Waals surface area contributed by atoms with Crippen molar-refractivity contribution >= 4 is 0 Å². The molecular formula is C22H28N2O2. The summed E-state index contributed by atoms with van der Waals surface area (Å²) in [7, 11) is 2.22. The molecule has 4 heteroatoms. The average molecular weight is 352 g/mol. The minimum atomic E-state index is 0.251. The zero-order chi connectivity index (χ0) is 18.1. The Morgan fingerprint density at radius 3 is 2.81 bits per heavy atom. The number of aromatic hydroxyl groups is 1. The lowest BCUT2D eigenvalue weighted by atomic mass is 9.97. The largest absolute Gasteiger partial charge is 0.504 e. The molecule has 2 aromatic rings. The van der Waals surface area contributed by atoms with E-state index in [9.17, 15) is 5.11 Å². The Balaban J connectivity index is 1.62. The molecule has 0 aliphatic carbocycles. The monoisotopic (exact) mass is 352 g/mol. The molecule has 138 valence electrons. The lowest BCUT2D eigenvalue weighted by Gasteiger charge is -2.27. The highest BCUT2D eigenvalue weighted by atomic mass is 16.5. The number of phenolic OH excluding ortho intramolecular Hbond substituents is 1. The summed E-state index contributed by atoms with van der Waals surface area (Å²) in [6.45, 7) is 6.72. The van der Waals surface area contributed by atoms with E-state index in [0.717, 1.165) is 36.3 Å². The van der Waals surface area contributed by atoms with Gasteiger partial charge in [-0.3, -0.25) is 4.90 Å². The number of aryl methyl sites for hydroxylation is 1. The maximum atomic E-state index is 10.6. The number of hydrogen-bond acceptors (Lipinski definition) is 4. The minimum absolute atomic E-state index is 0.251. The average Bonchev–Trinajstić information content (AvgIpc) is 2.90. The van der Waals surface area contributed by atoms with E-state index in [1.807, 2.05) is 18.2 Å². The fourth-order valence-corrected chi connectivity index (χ4v) is 4.27. The van der Waals surface area contributed by atoms with Gasteiger partial charge in [-0.15, -0.1) is 0 Å². The first-order valence-electron chi connectivity index (χ1n) is 9.59. The van der Waals surface area contributed by atoms with Gasteiger partial charge in [-0.25, -0.2) is 0 Å². The summed E-state index contributed by atoms with van der Waals surface area (Å²) in [5.74, 6) is 0.908. The van der Waals surface area contributed by atoms with Crippen molar-refractivity contribution < 1.29 is 9.84 Å². The van der Waals surface area contributed by atoms with Gasteiger partial charge in [-0.1, -0.05) is 24.3 Å². The van der Waals surface area contributed by atoms with E-state index in [1.54, 1.807) is 0 Å². The topological polar surface area (TPSA) is 35.9 Å². The number of hydrogen-bond donors (Lipinski definition) is 1. The van der Waals surface area contributed by atoms with Crippen LogP contribution in [-0.4, -0.2) is 54.2 Å². The van der Waals surface area contributed by atoms with Crippen molar-refractivity contribution in [3.63, 3.8) is 0 Å². The van der Waals surface area contributed by atoms with Crippen molar-refractivity contribution in [2.24, 2.45) is 0 Å². The molecule has 1 N–H and O–H groups in total. The van der Waals surface area contributed by atoms with Gasteiger partial charge in [0.25, 0.3) is 0 Å². The first kappa shape index (κ1) is 17.4. The highest BCUT2D eigenvalue weighted by Gasteiger charge is 2.26. The predicted octanol–water partition coefficient (Wildman–Crippen LogP) is 3.66. The second-order valence-corrected chi connectivity index (χ2v) is 7.66. The van der Waals surface area contributed by atoms with Gasteiger partial charge in [0.2, 0.25) is 0 Å². The zero-order valence-electron chi connectivity index (χ0n) is 15.7. The molecule has 1 fully saturated rings. The van der Waals surface area contributed by atoms with Crippen molar-refractivity contribution in [1.82, 2.24) is 9.80 Å². The maximum Gasteiger partial charge on any atom is 0.165 e. The lowest BCUT2D eigenvalue weighted by Crippen LogP contribution is -2.39. The van der Waals surface area contributed by atoms with Crippen LogP contribution in [0.2, 0.25) is 0 Å². The normalized spacial score (nSPS) is 21.2. The van der Waals surface area contributed by atoms with E-state index < -0.39 is 0 Å². The third-order valence-electron chi connectivity index (χ3n) is 5.79. The first-order valence-corrected chi connectivity index (χ1v) is 9.59. The molecule has 0 unspecified atom stereocenters. The van der Waals surface area contributed by atoms with Crippen LogP contribution in [0.5, 0.6) is 11.5 Å². The number of nitrogens with zero attached hydrogens (tertiary/aromatic N) is 2. The van der Waals surface area contributed by atoms with Gasteiger partial charge in [-0.2, -0.15) is 0 Å². The Kier molecular flexibility index (Phi) is 4.88. The van der Waals surface area contributed by atoms with Crippen molar-refractivity contribution in [2.75, 3.05) is 33.3 Å². The summed E-state index contributed by atoms with van der Waals surface area (Å²) < 4.78 is 5.92. The molecule has 0 aromatic heterocycles. The third-order valence-corrected chi connectivity index (χ3v) is 5.79. The van der Waals surface area contributed by atoms with Crippen molar-refractivity contribution in [3.05, 3.63) is 47.5 Å². The van der Waals surface area contributed by atoms with Crippen LogP contribution in [0, 0.1) is 6.92 Å². The number of benzene rings is 2. The molecule has 2 heterocycles. The summed E-state index contributed by atoms with van der Waals surface area (Å²) in [5, 5.41) is 10.6. The van der Waals surface area contributed by atoms with Crippen LogP contribution >= 0.6 is 0 Å². The lowest BCUT2D eigenvalue weighted by molar-refractivity contribution is 0.172. The van der Waals surface area contributed by atoms with E-state index in [0.29, 0.717) is 18.4 Å². The minimum Gasteiger partial charge on any atom is -0.504 e. The molecule has 2 aliphatic rings. The Morgan fingerprint density at radius 1 is 1.19 bits per heavy atom. The van der Waals surface area contributed by atoms with Crippen LogP contribution in [0.25, 0.3) is 11.1 Å². The molecule has 0 amide bonds. The van der Waals surface area contributed by atoms with Crippen LogP contribution < -0.4 is 4.74 Å². The summed E-state index contributed by atoms with van der Waals surface area (Å²) in [6, 6.07) is 13.0. The van der Waals surface area contributed by atoms with Crippen molar-refractivity contribution in [3.8, 4) is 22.6 Å². The number of fused-ring (bicyclic) bond motifs is 1. The summed E-state index contributed by atoms with van der Waals surface area (Å²) in [6.07, 6.45) is 2.57. The number of rotatable bonds is 3. The van der Waals surface area contributed by atoms with Gasteiger partial charge in [-0.05, 0) is 62.2 Å². The number of phenols is 1. The van der Waals surface area contributed by atoms with Crippen LogP contribution in [0.3, 0.4) is 0 Å². The van der Waals surface area contributed by atoms with E-state index in [-0.39, 0.29) is 5.75 Å².